The second kappa shape index (κ2) is 7.79. The first-order valence-electron chi connectivity index (χ1n) is 8.65. The highest BCUT2D eigenvalue weighted by Crippen LogP contribution is 2.31. The van der Waals surface area contributed by atoms with E-state index in [0.29, 0.717) is 12.1 Å². The molecule has 3 rings (SSSR count). The lowest BCUT2D eigenvalue weighted by Crippen LogP contribution is -2.38. The van der Waals surface area contributed by atoms with Crippen molar-refractivity contribution in [2.75, 3.05) is 37.4 Å². The number of hydrogen-bond donors (Lipinski definition) is 0. The van der Waals surface area contributed by atoms with Crippen molar-refractivity contribution >= 4 is 29.2 Å². The molecule has 8 nitrogen and oxygen atoms in total. The van der Waals surface area contributed by atoms with Crippen LogP contribution in [0.15, 0.2) is 35.5 Å². The minimum absolute atomic E-state index is 0.0362. The SMILES string of the molecule is COC(=O)C1=C(C(=O)OC)N(c2ccc(N3C(=O)CCC3C)cc2)COC1. The number of hydrogen-bond acceptors (Lipinski definition) is 7. The predicted octanol–water partition coefficient (Wildman–Crippen LogP) is 1.60. The van der Waals surface area contributed by atoms with Crippen LogP contribution in [0.2, 0.25) is 0 Å². The number of anilines is 2. The van der Waals surface area contributed by atoms with Gasteiger partial charge in [0.25, 0.3) is 0 Å². The van der Waals surface area contributed by atoms with Gasteiger partial charge in [-0.05, 0) is 37.6 Å². The summed E-state index contributed by atoms with van der Waals surface area (Å²) >= 11 is 0. The second-order valence-corrected chi connectivity index (χ2v) is 6.38. The maximum Gasteiger partial charge on any atom is 0.355 e. The van der Waals surface area contributed by atoms with Crippen LogP contribution in [0.3, 0.4) is 0 Å². The number of esters is 2. The molecule has 1 atom stereocenters. The van der Waals surface area contributed by atoms with Crippen molar-refractivity contribution in [3.8, 4) is 0 Å². The molecule has 2 heterocycles. The van der Waals surface area contributed by atoms with Crippen molar-refractivity contribution in [2.24, 2.45) is 0 Å². The van der Waals surface area contributed by atoms with E-state index in [1.54, 1.807) is 21.9 Å². The monoisotopic (exact) mass is 374 g/mol. The molecule has 1 fully saturated rings. The first kappa shape index (κ1) is 18.9. The van der Waals surface area contributed by atoms with Gasteiger partial charge in [0.2, 0.25) is 5.91 Å². The topological polar surface area (TPSA) is 85.4 Å². The molecule has 0 saturated carbocycles. The van der Waals surface area contributed by atoms with Gasteiger partial charge in [0.05, 0.1) is 26.4 Å². The average molecular weight is 374 g/mol. The molecule has 0 aromatic heterocycles. The summed E-state index contributed by atoms with van der Waals surface area (Å²) in [7, 11) is 2.49. The molecule has 1 amide bonds. The molecule has 0 spiro atoms. The highest BCUT2D eigenvalue weighted by Gasteiger charge is 2.33. The van der Waals surface area contributed by atoms with Gasteiger partial charge in [-0.15, -0.1) is 0 Å². The number of amides is 1. The number of ether oxygens (including phenoxy) is 3. The second-order valence-electron chi connectivity index (χ2n) is 6.38. The van der Waals surface area contributed by atoms with E-state index in [-0.39, 0.29) is 36.6 Å². The zero-order valence-corrected chi connectivity index (χ0v) is 15.6. The Morgan fingerprint density at radius 3 is 2.26 bits per heavy atom. The van der Waals surface area contributed by atoms with Gasteiger partial charge in [0.15, 0.2) is 0 Å². The highest BCUT2D eigenvalue weighted by molar-refractivity contribution is 6.03. The molecule has 1 unspecified atom stereocenters. The molecular formula is C19H22N2O6. The lowest BCUT2D eigenvalue weighted by atomic mass is 10.1. The van der Waals surface area contributed by atoms with E-state index >= 15 is 0 Å². The molecule has 8 heteroatoms. The lowest BCUT2D eigenvalue weighted by Gasteiger charge is -2.31. The zero-order chi connectivity index (χ0) is 19.6. The average Bonchev–Trinajstić information content (AvgIpc) is 3.04. The number of carbonyl (C=O) groups excluding carboxylic acids is 3. The minimum Gasteiger partial charge on any atom is -0.466 e. The summed E-state index contributed by atoms with van der Waals surface area (Å²) in [5.74, 6) is -1.20. The van der Waals surface area contributed by atoms with Gasteiger partial charge in [-0.1, -0.05) is 0 Å². The van der Waals surface area contributed by atoms with E-state index in [4.69, 9.17) is 14.2 Å². The van der Waals surface area contributed by atoms with Gasteiger partial charge < -0.3 is 24.0 Å². The van der Waals surface area contributed by atoms with Gasteiger partial charge >= 0.3 is 11.9 Å². The van der Waals surface area contributed by atoms with Gasteiger partial charge in [0, 0.05) is 23.8 Å². The smallest absolute Gasteiger partial charge is 0.355 e. The fraction of sp³-hybridized carbons (Fsp3) is 0.421. The maximum absolute atomic E-state index is 12.3. The molecule has 1 aromatic carbocycles. The lowest BCUT2D eigenvalue weighted by molar-refractivity contribution is -0.140. The molecule has 27 heavy (non-hydrogen) atoms. The van der Waals surface area contributed by atoms with E-state index in [1.165, 1.54) is 14.2 Å². The molecule has 0 radical (unpaired) electrons. The van der Waals surface area contributed by atoms with Gasteiger partial charge in [-0.25, -0.2) is 9.59 Å². The number of methoxy groups -OCH3 is 2. The summed E-state index contributed by atoms with van der Waals surface area (Å²) in [6.07, 6.45) is 1.37. The Kier molecular flexibility index (Phi) is 5.46. The third-order valence-corrected chi connectivity index (χ3v) is 4.76. The fourth-order valence-corrected chi connectivity index (χ4v) is 3.37. The van der Waals surface area contributed by atoms with Crippen molar-refractivity contribution in [1.82, 2.24) is 0 Å². The van der Waals surface area contributed by atoms with Crippen molar-refractivity contribution < 1.29 is 28.6 Å². The van der Waals surface area contributed by atoms with Crippen molar-refractivity contribution in [3.05, 3.63) is 35.5 Å². The highest BCUT2D eigenvalue weighted by atomic mass is 16.5. The van der Waals surface area contributed by atoms with Crippen molar-refractivity contribution in [3.63, 3.8) is 0 Å². The molecule has 1 saturated heterocycles. The van der Waals surface area contributed by atoms with E-state index in [1.807, 2.05) is 19.1 Å². The summed E-state index contributed by atoms with van der Waals surface area (Å²) in [5, 5.41) is 0. The Bertz CT molecular complexity index is 786. The number of rotatable bonds is 4. The molecule has 2 aliphatic rings. The van der Waals surface area contributed by atoms with E-state index in [9.17, 15) is 14.4 Å². The summed E-state index contributed by atoms with van der Waals surface area (Å²) in [4.78, 5) is 39.7. The van der Waals surface area contributed by atoms with E-state index in [0.717, 1.165) is 12.1 Å². The van der Waals surface area contributed by atoms with Crippen LogP contribution in [0.1, 0.15) is 19.8 Å². The van der Waals surface area contributed by atoms with Crippen LogP contribution in [0.25, 0.3) is 0 Å². The van der Waals surface area contributed by atoms with Crippen LogP contribution < -0.4 is 9.80 Å². The molecule has 0 aliphatic carbocycles. The standard InChI is InChI=1S/C19H22N2O6/c1-12-4-9-16(22)21(12)14-7-5-13(6-8-14)20-11-27-10-15(18(23)25-2)17(20)19(24)26-3/h5-8,12H,4,9-11H2,1-3H3. The Morgan fingerprint density at radius 2 is 1.70 bits per heavy atom. The van der Waals surface area contributed by atoms with Gasteiger partial charge in [0.1, 0.15) is 12.4 Å². The molecule has 0 N–H and O–H groups in total. The van der Waals surface area contributed by atoms with Crippen LogP contribution >= 0.6 is 0 Å². The van der Waals surface area contributed by atoms with Crippen LogP contribution in [0.4, 0.5) is 11.4 Å². The Hall–Kier alpha value is -2.87. The van der Waals surface area contributed by atoms with E-state index in [2.05, 4.69) is 0 Å². The van der Waals surface area contributed by atoms with Gasteiger partial charge in [-0.3, -0.25) is 4.79 Å². The first-order chi connectivity index (χ1) is 13.0. The van der Waals surface area contributed by atoms with Crippen LogP contribution in [-0.2, 0) is 28.6 Å². The Labute approximate surface area is 157 Å². The number of carbonyl (C=O) groups is 3. The molecule has 1 aromatic rings. The van der Waals surface area contributed by atoms with E-state index < -0.39 is 11.9 Å². The summed E-state index contributed by atoms with van der Waals surface area (Å²) in [6.45, 7) is 2.06. The van der Waals surface area contributed by atoms with Crippen LogP contribution in [0, 0.1) is 0 Å². The number of nitrogens with zero attached hydrogens (tertiary/aromatic N) is 2. The Morgan fingerprint density at radius 1 is 1.07 bits per heavy atom. The molecule has 144 valence electrons. The van der Waals surface area contributed by atoms with Crippen LogP contribution in [-0.4, -0.2) is 51.4 Å². The van der Waals surface area contributed by atoms with Crippen molar-refractivity contribution in [1.29, 1.82) is 0 Å². The molecule has 2 aliphatic heterocycles. The fourth-order valence-electron chi connectivity index (χ4n) is 3.37. The minimum atomic E-state index is -0.647. The molecule has 0 bridgehead atoms. The normalized spacial score (nSPS) is 20.1. The quantitative estimate of drug-likeness (QED) is 0.740. The predicted molar refractivity (Wildman–Crippen MR) is 97.0 cm³/mol. The zero-order valence-electron chi connectivity index (χ0n) is 15.6. The maximum atomic E-state index is 12.3. The Balaban J connectivity index is 1.95. The third kappa shape index (κ3) is 3.52. The summed E-state index contributed by atoms with van der Waals surface area (Å²) < 4.78 is 15.1. The first-order valence-corrected chi connectivity index (χ1v) is 8.65. The largest absolute Gasteiger partial charge is 0.466 e. The number of benzene rings is 1. The summed E-state index contributed by atoms with van der Waals surface area (Å²) in [5.41, 5.74) is 1.63. The third-order valence-electron chi connectivity index (χ3n) is 4.76. The van der Waals surface area contributed by atoms with Crippen molar-refractivity contribution in [2.45, 2.75) is 25.8 Å². The molecular weight excluding hydrogens is 352 g/mol. The van der Waals surface area contributed by atoms with Gasteiger partial charge in [-0.2, -0.15) is 0 Å². The van der Waals surface area contributed by atoms with Crippen LogP contribution in [0.5, 0.6) is 0 Å². The summed E-state index contributed by atoms with van der Waals surface area (Å²) in [6, 6.07) is 7.34.